The van der Waals surface area contributed by atoms with Gasteiger partial charge in [0.2, 0.25) is 0 Å². The van der Waals surface area contributed by atoms with Crippen LogP contribution in [0.4, 0.5) is 0 Å². The Kier molecular flexibility index (Phi) is 2.79. The van der Waals surface area contributed by atoms with Crippen LogP contribution in [0.1, 0.15) is 56.5 Å². The van der Waals surface area contributed by atoms with Crippen LogP contribution >= 0.6 is 0 Å². The molecule has 2 heterocycles. The molecular formula is C13H19NO. The molecule has 0 aliphatic carbocycles. The SMILES string of the molecule is CC(C)c1nccc2c1C(C(C)C)OC2. The van der Waals surface area contributed by atoms with Gasteiger partial charge in [-0.25, -0.2) is 0 Å². The molecule has 0 fully saturated rings. The maximum absolute atomic E-state index is 5.84. The number of pyridine rings is 1. The minimum Gasteiger partial charge on any atom is -0.368 e. The lowest BCUT2D eigenvalue weighted by atomic mass is 9.92. The highest BCUT2D eigenvalue weighted by Crippen LogP contribution is 2.39. The number of rotatable bonds is 2. The molecule has 0 bridgehead atoms. The van der Waals surface area contributed by atoms with E-state index in [4.69, 9.17) is 4.74 Å². The maximum Gasteiger partial charge on any atom is 0.0873 e. The lowest BCUT2D eigenvalue weighted by molar-refractivity contribution is 0.0335. The van der Waals surface area contributed by atoms with Crippen molar-refractivity contribution < 1.29 is 4.74 Å². The maximum atomic E-state index is 5.84. The van der Waals surface area contributed by atoms with Crippen LogP contribution in [0, 0.1) is 5.92 Å². The summed E-state index contributed by atoms with van der Waals surface area (Å²) in [6, 6.07) is 2.09. The first-order valence-corrected chi connectivity index (χ1v) is 5.70. The predicted octanol–water partition coefficient (Wildman–Crippen LogP) is 3.43. The van der Waals surface area contributed by atoms with Crippen molar-refractivity contribution in [2.45, 2.75) is 46.3 Å². The molecule has 1 atom stereocenters. The summed E-state index contributed by atoms with van der Waals surface area (Å²) in [4.78, 5) is 4.50. The van der Waals surface area contributed by atoms with Crippen molar-refractivity contribution in [3.05, 3.63) is 29.1 Å². The smallest absolute Gasteiger partial charge is 0.0873 e. The molecule has 2 nitrogen and oxygen atoms in total. The highest BCUT2D eigenvalue weighted by Gasteiger charge is 2.29. The molecule has 1 aliphatic heterocycles. The first-order chi connectivity index (χ1) is 7.11. The molecule has 0 N–H and O–H groups in total. The van der Waals surface area contributed by atoms with E-state index in [0.717, 1.165) is 6.61 Å². The first-order valence-electron chi connectivity index (χ1n) is 5.70. The summed E-state index contributed by atoms with van der Waals surface area (Å²) in [5.41, 5.74) is 3.89. The predicted molar refractivity (Wildman–Crippen MR) is 60.7 cm³/mol. The first kappa shape index (κ1) is 10.6. The summed E-state index contributed by atoms with van der Waals surface area (Å²) in [5.74, 6) is 0.996. The fourth-order valence-corrected chi connectivity index (χ4v) is 2.23. The van der Waals surface area contributed by atoms with Crippen LogP contribution in [0.3, 0.4) is 0 Å². The van der Waals surface area contributed by atoms with Gasteiger partial charge in [0.15, 0.2) is 0 Å². The summed E-state index contributed by atoms with van der Waals surface area (Å²) >= 11 is 0. The van der Waals surface area contributed by atoms with E-state index in [0.29, 0.717) is 11.8 Å². The fourth-order valence-electron chi connectivity index (χ4n) is 2.23. The Labute approximate surface area is 91.7 Å². The molecule has 1 aromatic heterocycles. The van der Waals surface area contributed by atoms with Crippen LogP contribution in [0.25, 0.3) is 0 Å². The Hall–Kier alpha value is -0.890. The molecule has 1 aliphatic rings. The Morgan fingerprint density at radius 2 is 2.07 bits per heavy atom. The zero-order valence-electron chi connectivity index (χ0n) is 9.95. The summed E-state index contributed by atoms with van der Waals surface area (Å²) in [5, 5.41) is 0. The molecule has 2 rings (SSSR count). The van der Waals surface area contributed by atoms with Crippen molar-refractivity contribution in [2.24, 2.45) is 5.92 Å². The third-order valence-corrected chi connectivity index (χ3v) is 2.97. The minimum absolute atomic E-state index is 0.242. The van der Waals surface area contributed by atoms with E-state index in [2.05, 4.69) is 38.7 Å². The number of hydrogen-bond acceptors (Lipinski definition) is 2. The Balaban J connectivity index is 2.48. The number of ether oxygens (including phenoxy) is 1. The zero-order valence-corrected chi connectivity index (χ0v) is 9.95. The van der Waals surface area contributed by atoms with Crippen LogP contribution in [0.15, 0.2) is 12.3 Å². The van der Waals surface area contributed by atoms with Crippen LogP contribution in [-0.2, 0) is 11.3 Å². The number of nitrogens with zero attached hydrogens (tertiary/aromatic N) is 1. The van der Waals surface area contributed by atoms with Crippen LogP contribution in [0.2, 0.25) is 0 Å². The fraction of sp³-hybridized carbons (Fsp3) is 0.615. The topological polar surface area (TPSA) is 22.1 Å². The van der Waals surface area contributed by atoms with Gasteiger partial charge < -0.3 is 4.74 Å². The lowest BCUT2D eigenvalue weighted by Gasteiger charge is -2.19. The van der Waals surface area contributed by atoms with Crippen molar-refractivity contribution in [2.75, 3.05) is 0 Å². The Morgan fingerprint density at radius 3 is 2.67 bits per heavy atom. The molecule has 1 aromatic rings. The van der Waals surface area contributed by atoms with Gasteiger partial charge in [-0.1, -0.05) is 27.7 Å². The lowest BCUT2D eigenvalue weighted by Crippen LogP contribution is -2.09. The second-order valence-corrected chi connectivity index (χ2v) is 4.90. The largest absolute Gasteiger partial charge is 0.368 e. The number of fused-ring (bicyclic) bond motifs is 1. The van der Waals surface area contributed by atoms with Gasteiger partial charge in [-0.2, -0.15) is 0 Å². The molecule has 0 aromatic carbocycles. The van der Waals surface area contributed by atoms with Gasteiger partial charge >= 0.3 is 0 Å². The van der Waals surface area contributed by atoms with Gasteiger partial charge in [0.05, 0.1) is 12.7 Å². The van der Waals surface area contributed by atoms with Crippen LogP contribution in [-0.4, -0.2) is 4.98 Å². The standard InChI is InChI=1S/C13H19NO/c1-8(2)12-11-10(5-6-14-12)7-15-13(11)9(3)4/h5-6,8-9,13H,7H2,1-4H3. The highest BCUT2D eigenvalue weighted by atomic mass is 16.5. The van der Waals surface area contributed by atoms with Gasteiger partial charge in [0, 0.05) is 17.5 Å². The second-order valence-electron chi connectivity index (χ2n) is 4.90. The normalized spacial score (nSPS) is 20.0. The number of hydrogen-bond donors (Lipinski definition) is 0. The van der Waals surface area contributed by atoms with Crippen molar-refractivity contribution in [3.8, 4) is 0 Å². The van der Waals surface area contributed by atoms with Gasteiger partial charge in [-0.05, 0) is 23.5 Å². The molecule has 0 amide bonds. The molecule has 1 unspecified atom stereocenters. The van der Waals surface area contributed by atoms with Crippen LogP contribution in [0.5, 0.6) is 0 Å². The monoisotopic (exact) mass is 205 g/mol. The third-order valence-electron chi connectivity index (χ3n) is 2.97. The second kappa shape index (κ2) is 3.93. The van der Waals surface area contributed by atoms with E-state index < -0.39 is 0 Å². The van der Waals surface area contributed by atoms with E-state index in [1.807, 2.05) is 6.20 Å². The Bertz CT molecular complexity index is 358. The third kappa shape index (κ3) is 1.78. The van der Waals surface area contributed by atoms with Crippen molar-refractivity contribution in [3.63, 3.8) is 0 Å². The average Bonchev–Trinajstić information content (AvgIpc) is 2.60. The molecular weight excluding hydrogens is 186 g/mol. The van der Waals surface area contributed by atoms with Crippen molar-refractivity contribution >= 4 is 0 Å². The van der Waals surface area contributed by atoms with Gasteiger partial charge in [0.1, 0.15) is 0 Å². The zero-order chi connectivity index (χ0) is 11.0. The summed E-state index contributed by atoms with van der Waals surface area (Å²) in [6.07, 6.45) is 2.14. The van der Waals surface area contributed by atoms with Crippen LogP contribution < -0.4 is 0 Å². The van der Waals surface area contributed by atoms with E-state index in [1.54, 1.807) is 0 Å². The average molecular weight is 205 g/mol. The number of aromatic nitrogens is 1. The molecule has 0 saturated heterocycles. The molecule has 82 valence electrons. The molecule has 2 heteroatoms. The molecule has 15 heavy (non-hydrogen) atoms. The summed E-state index contributed by atoms with van der Waals surface area (Å²) in [6.45, 7) is 9.55. The molecule has 0 radical (unpaired) electrons. The van der Waals surface area contributed by atoms with Crippen molar-refractivity contribution in [1.82, 2.24) is 4.98 Å². The van der Waals surface area contributed by atoms with E-state index >= 15 is 0 Å². The van der Waals surface area contributed by atoms with Gasteiger partial charge in [-0.3, -0.25) is 4.98 Å². The quantitative estimate of drug-likeness (QED) is 0.738. The van der Waals surface area contributed by atoms with E-state index in [-0.39, 0.29) is 6.10 Å². The van der Waals surface area contributed by atoms with Gasteiger partial charge in [-0.15, -0.1) is 0 Å². The highest BCUT2D eigenvalue weighted by molar-refractivity contribution is 5.36. The molecule has 0 spiro atoms. The summed E-state index contributed by atoms with van der Waals surface area (Å²) in [7, 11) is 0. The van der Waals surface area contributed by atoms with Gasteiger partial charge in [0.25, 0.3) is 0 Å². The Morgan fingerprint density at radius 1 is 1.33 bits per heavy atom. The van der Waals surface area contributed by atoms with Crippen molar-refractivity contribution in [1.29, 1.82) is 0 Å². The van der Waals surface area contributed by atoms with E-state index in [9.17, 15) is 0 Å². The van der Waals surface area contributed by atoms with E-state index in [1.165, 1.54) is 16.8 Å². The summed E-state index contributed by atoms with van der Waals surface area (Å²) < 4.78 is 5.84. The molecule has 0 saturated carbocycles. The minimum atomic E-state index is 0.242.